The van der Waals surface area contributed by atoms with Gasteiger partial charge in [0.05, 0.1) is 0 Å². The van der Waals surface area contributed by atoms with Crippen LogP contribution in [0.15, 0.2) is 30.3 Å². The maximum Gasteiger partial charge on any atom is 0.267 e. The second-order valence-corrected chi connectivity index (χ2v) is 6.41. The fourth-order valence-electron chi connectivity index (χ4n) is 2.21. The molecular formula is C17H23N3O2. The Kier molecular flexibility index (Phi) is 4.54. The third-order valence-electron chi connectivity index (χ3n) is 3.56. The topological polar surface area (TPSA) is 63.1 Å². The van der Waals surface area contributed by atoms with Gasteiger partial charge < -0.3 is 15.2 Å². The number of rotatable bonds is 4. The molecule has 5 nitrogen and oxygen atoms in total. The minimum absolute atomic E-state index is 0.0219. The second kappa shape index (κ2) is 6.22. The van der Waals surface area contributed by atoms with E-state index in [1.54, 1.807) is 0 Å². The summed E-state index contributed by atoms with van der Waals surface area (Å²) in [5.41, 5.74) is 1.22. The molecule has 1 aromatic heterocycles. The number of para-hydroxylation sites is 1. The summed E-state index contributed by atoms with van der Waals surface area (Å²) in [6.45, 7) is 6.40. The lowest BCUT2D eigenvalue weighted by molar-refractivity contribution is -0.128. The minimum atomic E-state index is -0.417. The molecule has 22 heavy (non-hydrogen) atoms. The Balaban J connectivity index is 1.92. The van der Waals surface area contributed by atoms with E-state index < -0.39 is 5.41 Å². The summed E-state index contributed by atoms with van der Waals surface area (Å²) in [5, 5.41) is 6.68. The van der Waals surface area contributed by atoms with Gasteiger partial charge in [-0.2, -0.15) is 0 Å². The van der Waals surface area contributed by atoms with Crippen LogP contribution in [0.4, 0.5) is 0 Å². The Hall–Kier alpha value is -2.30. The monoisotopic (exact) mass is 301 g/mol. The zero-order valence-corrected chi connectivity index (χ0v) is 13.6. The van der Waals surface area contributed by atoms with E-state index in [2.05, 4.69) is 10.6 Å². The summed E-state index contributed by atoms with van der Waals surface area (Å²) >= 11 is 0. The molecule has 0 saturated carbocycles. The number of amides is 2. The number of aromatic nitrogens is 1. The number of nitrogens with zero attached hydrogens (tertiary/aromatic N) is 1. The van der Waals surface area contributed by atoms with Gasteiger partial charge in [0.25, 0.3) is 5.91 Å². The van der Waals surface area contributed by atoms with Crippen molar-refractivity contribution in [2.45, 2.75) is 20.8 Å². The smallest absolute Gasteiger partial charge is 0.267 e. The Morgan fingerprint density at radius 3 is 2.36 bits per heavy atom. The Bertz CT molecular complexity index is 695. The molecule has 118 valence electrons. The van der Waals surface area contributed by atoms with Gasteiger partial charge in [-0.05, 0) is 12.1 Å². The molecule has 2 N–H and O–H groups in total. The largest absolute Gasteiger partial charge is 0.354 e. The lowest BCUT2D eigenvalue weighted by Crippen LogP contribution is -2.40. The van der Waals surface area contributed by atoms with Crippen LogP contribution in [-0.2, 0) is 11.8 Å². The van der Waals surface area contributed by atoms with E-state index in [1.807, 2.05) is 62.7 Å². The molecular weight excluding hydrogens is 278 g/mol. The van der Waals surface area contributed by atoms with Gasteiger partial charge in [0.2, 0.25) is 5.91 Å². The lowest BCUT2D eigenvalue weighted by Gasteiger charge is -2.17. The highest BCUT2D eigenvalue weighted by atomic mass is 16.2. The number of fused-ring (bicyclic) bond motifs is 1. The number of nitrogens with one attached hydrogen (secondary N) is 2. The van der Waals surface area contributed by atoms with Crippen LogP contribution in [0.2, 0.25) is 0 Å². The number of hydrogen-bond acceptors (Lipinski definition) is 2. The molecule has 0 atom stereocenters. The minimum Gasteiger partial charge on any atom is -0.354 e. The van der Waals surface area contributed by atoms with Gasteiger partial charge in [-0.25, -0.2) is 0 Å². The van der Waals surface area contributed by atoms with Gasteiger partial charge in [-0.15, -0.1) is 0 Å². The maximum absolute atomic E-state index is 12.2. The molecule has 0 bridgehead atoms. The molecule has 5 heteroatoms. The van der Waals surface area contributed by atoms with Crippen LogP contribution in [0.5, 0.6) is 0 Å². The average Bonchev–Trinajstić information content (AvgIpc) is 2.80. The van der Waals surface area contributed by atoms with Crippen LogP contribution in [-0.4, -0.2) is 29.5 Å². The molecule has 1 heterocycles. The summed E-state index contributed by atoms with van der Waals surface area (Å²) < 4.78 is 1.87. The van der Waals surface area contributed by atoms with Gasteiger partial charge in [0.15, 0.2) is 0 Å². The summed E-state index contributed by atoms with van der Waals surface area (Å²) in [4.78, 5) is 24.0. The number of carbonyl (C=O) groups excluding carboxylic acids is 2. The first-order valence-corrected chi connectivity index (χ1v) is 7.41. The van der Waals surface area contributed by atoms with E-state index in [9.17, 15) is 9.59 Å². The van der Waals surface area contributed by atoms with Crippen molar-refractivity contribution in [3.05, 3.63) is 36.0 Å². The van der Waals surface area contributed by atoms with Crippen LogP contribution in [0.3, 0.4) is 0 Å². The Morgan fingerprint density at radius 2 is 1.73 bits per heavy atom. The standard InChI is InChI=1S/C17H23N3O2/c1-17(2,3)16(22)19-10-9-18-15(21)14-11-12-7-5-6-8-13(12)20(14)4/h5-8,11H,9-10H2,1-4H3,(H,18,21)(H,19,22). The van der Waals surface area contributed by atoms with E-state index in [-0.39, 0.29) is 11.8 Å². The van der Waals surface area contributed by atoms with Crippen molar-refractivity contribution in [2.75, 3.05) is 13.1 Å². The Morgan fingerprint density at radius 1 is 1.09 bits per heavy atom. The van der Waals surface area contributed by atoms with Crippen molar-refractivity contribution in [2.24, 2.45) is 12.5 Å². The van der Waals surface area contributed by atoms with E-state index in [1.165, 1.54) is 0 Å². The first-order chi connectivity index (χ1) is 10.3. The third kappa shape index (κ3) is 3.47. The van der Waals surface area contributed by atoms with Crippen LogP contribution in [0.25, 0.3) is 10.9 Å². The second-order valence-electron chi connectivity index (χ2n) is 6.41. The number of aryl methyl sites for hydroxylation is 1. The van der Waals surface area contributed by atoms with Crippen LogP contribution in [0.1, 0.15) is 31.3 Å². The fourth-order valence-corrected chi connectivity index (χ4v) is 2.21. The van der Waals surface area contributed by atoms with Gasteiger partial charge in [-0.1, -0.05) is 39.0 Å². The van der Waals surface area contributed by atoms with E-state index in [4.69, 9.17) is 0 Å². The van der Waals surface area contributed by atoms with Crippen LogP contribution in [0, 0.1) is 5.41 Å². The molecule has 0 fully saturated rings. The third-order valence-corrected chi connectivity index (χ3v) is 3.56. The molecule has 0 aliphatic carbocycles. The normalized spacial score (nSPS) is 11.5. The van der Waals surface area contributed by atoms with Crippen molar-refractivity contribution in [3.63, 3.8) is 0 Å². The van der Waals surface area contributed by atoms with Gasteiger partial charge in [0.1, 0.15) is 5.69 Å². The summed E-state index contributed by atoms with van der Waals surface area (Å²) in [7, 11) is 1.87. The van der Waals surface area contributed by atoms with Crippen LogP contribution < -0.4 is 10.6 Å². The maximum atomic E-state index is 12.2. The summed E-state index contributed by atoms with van der Waals surface area (Å²) in [6.07, 6.45) is 0. The first kappa shape index (κ1) is 16.1. The highest BCUT2D eigenvalue weighted by Gasteiger charge is 2.20. The molecule has 0 aliphatic rings. The molecule has 0 aliphatic heterocycles. The highest BCUT2D eigenvalue weighted by Crippen LogP contribution is 2.18. The molecule has 2 rings (SSSR count). The van der Waals surface area contributed by atoms with Crippen molar-refractivity contribution < 1.29 is 9.59 Å². The van der Waals surface area contributed by atoms with Gasteiger partial charge in [0, 0.05) is 36.5 Å². The molecule has 0 unspecified atom stereocenters. The molecule has 2 aromatic rings. The summed E-state index contributed by atoms with van der Waals surface area (Å²) in [6, 6.07) is 9.74. The average molecular weight is 301 g/mol. The lowest BCUT2D eigenvalue weighted by atomic mass is 9.96. The number of benzene rings is 1. The van der Waals surface area contributed by atoms with Crippen molar-refractivity contribution in [1.29, 1.82) is 0 Å². The van der Waals surface area contributed by atoms with E-state index >= 15 is 0 Å². The molecule has 0 spiro atoms. The predicted molar refractivity (Wildman–Crippen MR) is 87.7 cm³/mol. The molecule has 1 aromatic carbocycles. The Labute approximate surface area is 130 Å². The molecule has 0 saturated heterocycles. The van der Waals surface area contributed by atoms with Crippen molar-refractivity contribution in [1.82, 2.24) is 15.2 Å². The number of carbonyl (C=O) groups is 2. The predicted octanol–water partition coefficient (Wildman–Crippen LogP) is 2.07. The number of hydrogen-bond donors (Lipinski definition) is 2. The SMILES string of the molecule is Cn1c(C(=O)NCCNC(=O)C(C)(C)C)cc2ccccc21. The molecule has 0 radical (unpaired) electrons. The van der Waals surface area contributed by atoms with Crippen molar-refractivity contribution >= 4 is 22.7 Å². The van der Waals surface area contributed by atoms with E-state index in [0.717, 1.165) is 10.9 Å². The zero-order chi connectivity index (χ0) is 16.3. The highest BCUT2D eigenvalue weighted by molar-refractivity contribution is 5.98. The van der Waals surface area contributed by atoms with Crippen molar-refractivity contribution in [3.8, 4) is 0 Å². The zero-order valence-electron chi connectivity index (χ0n) is 13.6. The molecule has 2 amide bonds. The quantitative estimate of drug-likeness (QED) is 0.849. The fraction of sp³-hybridized carbons (Fsp3) is 0.412. The van der Waals surface area contributed by atoms with Gasteiger partial charge in [-0.3, -0.25) is 9.59 Å². The van der Waals surface area contributed by atoms with Gasteiger partial charge >= 0.3 is 0 Å². The van der Waals surface area contributed by atoms with E-state index in [0.29, 0.717) is 18.8 Å². The first-order valence-electron chi connectivity index (χ1n) is 7.41. The summed E-state index contributed by atoms with van der Waals surface area (Å²) in [5.74, 6) is -0.157. The van der Waals surface area contributed by atoms with Crippen LogP contribution >= 0.6 is 0 Å².